The molecule has 1 saturated carbocycles. The second-order valence-electron chi connectivity index (χ2n) is 8.59. The van der Waals surface area contributed by atoms with Crippen LogP contribution in [-0.2, 0) is 9.59 Å². The van der Waals surface area contributed by atoms with E-state index >= 15 is 0 Å². The number of likely N-dealkylation sites (tertiary alicyclic amines) is 2. The molecule has 2 amide bonds. The predicted molar refractivity (Wildman–Crippen MR) is 105 cm³/mol. The van der Waals surface area contributed by atoms with Gasteiger partial charge in [0.05, 0.1) is 13.2 Å². The number of amides is 2. The van der Waals surface area contributed by atoms with E-state index in [1.807, 2.05) is 29.2 Å². The Kier molecular flexibility index (Phi) is 4.98. The third-order valence-corrected chi connectivity index (χ3v) is 7.02. The van der Waals surface area contributed by atoms with Gasteiger partial charge in [-0.25, -0.2) is 0 Å². The van der Waals surface area contributed by atoms with Crippen molar-refractivity contribution < 1.29 is 19.1 Å². The molecular weight excluding hydrogens is 356 g/mol. The molecule has 0 spiro atoms. The van der Waals surface area contributed by atoms with Gasteiger partial charge >= 0.3 is 0 Å². The number of nitrogens with zero attached hydrogens (tertiary/aromatic N) is 2. The zero-order valence-electron chi connectivity index (χ0n) is 17.0. The summed E-state index contributed by atoms with van der Waals surface area (Å²) in [5.74, 6) is 1.34. The quantitative estimate of drug-likeness (QED) is 0.798. The van der Waals surface area contributed by atoms with E-state index in [4.69, 9.17) is 9.47 Å². The normalized spacial score (nSPS) is 31.3. The number of carbonyl (C=O) groups is 2. The van der Waals surface area contributed by atoms with Crippen molar-refractivity contribution in [2.75, 3.05) is 20.3 Å². The number of para-hydroxylation sites is 2. The number of fused-ring (bicyclic) bond motifs is 1. The number of methoxy groups -OCH3 is 1. The molecule has 2 bridgehead atoms. The van der Waals surface area contributed by atoms with Crippen LogP contribution < -0.4 is 9.47 Å². The van der Waals surface area contributed by atoms with Crippen LogP contribution >= 0.6 is 0 Å². The smallest absolute Gasteiger partial charge is 0.260 e. The fourth-order valence-corrected chi connectivity index (χ4v) is 5.88. The molecule has 2 saturated heterocycles. The van der Waals surface area contributed by atoms with Crippen LogP contribution in [-0.4, -0.2) is 60.0 Å². The molecule has 6 heteroatoms. The van der Waals surface area contributed by atoms with Crippen LogP contribution in [0.15, 0.2) is 24.3 Å². The van der Waals surface area contributed by atoms with Crippen LogP contribution in [0.25, 0.3) is 0 Å². The van der Waals surface area contributed by atoms with Crippen molar-refractivity contribution in [2.45, 2.75) is 64.1 Å². The number of rotatable bonds is 4. The Hall–Kier alpha value is -2.24. The minimum absolute atomic E-state index is 0.00196. The van der Waals surface area contributed by atoms with Crippen LogP contribution in [0.1, 0.15) is 46.0 Å². The second kappa shape index (κ2) is 7.30. The molecule has 4 rings (SSSR count). The molecule has 0 unspecified atom stereocenters. The fourth-order valence-electron chi connectivity index (χ4n) is 5.88. The Morgan fingerprint density at radius 1 is 1.14 bits per heavy atom. The zero-order chi connectivity index (χ0) is 19.9. The van der Waals surface area contributed by atoms with E-state index in [1.165, 1.54) is 0 Å². The summed E-state index contributed by atoms with van der Waals surface area (Å²) in [6, 6.07) is 7.92. The number of hydrogen-bond donors (Lipinski definition) is 0. The predicted octanol–water partition coefficient (Wildman–Crippen LogP) is 2.85. The summed E-state index contributed by atoms with van der Waals surface area (Å²) < 4.78 is 11.1. The average Bonchev–Trinajstić information content (AvgIpc) is 2.80. The van der Waals surface area contributed by atoms with Crippen molar-refractivity contribution in [1.29, 1.82) is 0 Å². The molecule has 3 fully saturated rings. The van der Waals surface area contributed by atoms with Crippen LogP contribution in [0.4, 0.5) is 0 Å². The highest BCUT2D eigenvalue weighted by atomic mass is 16.5. The van der Waals surface area contributed by atoms with Gasteiger partial charge in [0.25, 0.3) is 5.91 Å². The minimum Gasteiger partial charge on any atom is -0.493 e. The van der Waals surface area contributed by atoms with Crippen molar-refractivity contribution in [3.05, 3.63) is 24.3 Å². The molecule has 0 N–H and O–H groups in total. The van der Waals surface area contributed by atoms with Crippen LogP contribution in [0.3, 0.4) is 0 Å². The molecule has 2 heterocycles. The first-order valence-electron chi connectivity index (χ1n) is 10.3. The molecule has 4 atom stereocenters. The van der Waals surface area contributed by atoms with Crippen LogP contribution in [0.5, 0.6) is 11.5 Å². The Morgan fingerprint density at radius 2 is 1.82 bits per heavy atom. The Morgan fingerprint density at radius 3 is 2.50 bits per heavy atom. The van der Waals surface area contributed by atoms with E-state index in [-0.39, 0.29) is 42.0 Å². The zero-order valence-corrected chi connectivity index (χ0v) is 17.0. The maximum atomic E-state index is 13.2. The van der Waals surface area contributed by atoms with Crippen molar-refractivity contribution in [1.82, 2.24) is 9.80 Å². The average molecular weight is 386 g/mol. The van der Waals surface area contributed by atoms with Gasteiger partial charge in [0.1, 0.15) is 0 Å². The van der Waals surface area contributed by atoms with Gasteiger partial charge in [-0.15, -0.1) is 0 Å². The van der Waals surface area contributed by atoms with E-state index in [9.17, 15) is 9.59 Å². The summed E-state index contributed by atoms with van der Waals surface area (Å²) in [5, 5.41) is 0. The molecule has 2 aliphatic heterocycles. The first-order chi connectivity index (χ1) is 13.5. The Balaban J connectivity index is 1.55. The maximum absolute atomic E-state index is 13.2. The number of ether oxygens (including phenoxy) is 2. The van der Waals surface area contributed by atoms with Crippen molar-refractivity contribution in [3.63, 3.8) is 0 Å². The summed E-state index contributed by atoms with van der Waals surface area (Å²) in [4.78, 5) is 29.6. The van der Waals surface area contributed by atoms with E-state index in [2.05, 4.69) is 11.8 Å². The third kappa shape index (κ3) is 3.03. The van der Waals surface area contributed by atoms with Crippen LogP contribution in [0.2, 0.25) is 0 Å². The number of benzene rings is 1. The second-order valence-corrected chi connectivity index (χ2v) is 8.59. The highest BCUT2D eigenvalue weighted by molar-refractivity contribution is 5.80. The lowest BCUT2D eigenvalue weighted by molar-refractivity contribution is -0.141. The van der Waals surface area contributed by atoms with Gasteiger partial charge in [0.15, 0.2) is 18.1 Å². The lowest BCUT2D eigenvalue weighted by Gasteiger charge is -2.46. The van der Waals surface area contributed by atoms with Crippen LogP contribution in [0, 0.1) is 5.41 Å². The third-order valence-electron chi connectivity index (χ3n) is 7.02. The SMILES string of the molecule is COc1ccccc1OCC(=O)N1C[C@@H]2C[C@@]3(C)[C@H](CCCC[C@@H]13)N2C(C)=O. The lowest BCUT2D eigenvalue weighted by atomic mass is 9.71. The van der Waals surface area contributed by atoms with Gasteiger partial charge < -0.3 is 19.3 Å². The molecule has 6 nitrogen and oxygen atoms in total. The fraction of sp³-hybridized carbons (Fsp3) is 0.636. The number of carbonyl (C=O) groups excluding carboxylic acids is 2. The standard InChI is InChI=1S/C22H30N2O4/c1-15(25)24-16-12-22(2)19(10-6-7-11-20(22)24)23(13-16)21(26)14-28-18-9-5-4-8-17(18)27-3/h4-5,8-9,16,19-20H,6-7,10-14H2,1-3H3/t16-,19+,20-,22+/m0/s1. The maximum Gasteiger partial charge on any atom is 0.260 e. The number of hydrogen-bond acceptors (Lipinski definition) is 4. The molecule has 1 aromatic carbocycles. The first kappa shape index (κ1) is 19.1. The van der Waals surface area contributed by atoms with Gasteiger partial charge in [0, 0.05) is 31.0 Å². The van der Waals surface area contributed by atoms with Gasteiger partial charge in [-0.2, -0.15) is 0 Å². The van der Waals surface area contributed by atoms with Gasteiger partial charge in [-0.05, 0) is 31.4 Å². The molecular formula is C22H30N2O4. The molecule has 1 aromatic rings. The van der Waals surface area contributed by atoms with E-state index in [0.29, 0.717) is 18.0 Å². The minimum atomic E-state index is -0.0226. The van der Waals surface area contributed by atoms with Gasteiger partial charge in [0.2, 0.25) is 5.91 Å². The largest absolute Gasteiger partial charge is 0.493 e. The molecule has 0 aromatic heterocycles. The highest BCUT2D eigenvalue weighted by Crippen LogP contribution is 2.53. The molecule has 3 aliphatic rings. The molecule has 0 radical (unpaired) electrons. The monoisotopic (exact) mass is 386 g/mol. The van der Waals surface area contributed by atoms with Crippen molar-refractivity contribution >= 4 is 11.8 Å². The molecule has 28 heavy (non-hydrogen) atoms. The summed E-state index contributed by atoms with van der Waals surface area (Å²) in [7, 11) is 1.59. The van der Waals surface area contributed by atoms with Gasteiger partial charge in [-0.1, -0.05) is 31.9 Å². The summed E-state index contributed by atoms with van der Waals surface area (Å²) in [6.07, 6.45) is 5.27. The number of piperidine rings is 1. The Bertz CT molecular complexity index is 767. The summed E-state index contributed by atoms with van der Waals surface area (Å²) in [5.41, 5.74) is -0.0226. The first-order valence-corrected chi connectivity index (χ1v) is 10.3. The van der Waals surface area contributed by atoms with Crippen molar-refractivity contribution in [3.8, 4) is 11.5 Å². The summed E-state index contributed by atoms with van der Waals surface area (Å²) >= 11 is 0. The summed E-state index contributed by atoms with van der Waals surface area (Å²) in [6.45, 7) is 4.56. The van der Waals surface area contributed by atoms with E-state index in [1.54, 1.807) is 14.0 Å². The molecule has 152 valence electrons. The Labute approximate surface area is 166 Å². The van der Waals surface area contributed by atoms with Gasteiger partial charge in [-0.3, -0.25) is 9.59 Å². The topological polar surface area (TPSA) is 59.1 Å². The highest BCUT2D eigenvalue weighted by Gasteiger charge is 2.60. The molecule has 1 aliphatic carbocycles. The lowest BCUT2D eigenvalue weighted by Crippen LogP contribution is -2.56. The van der Waals surface area contributed by atoms with Crippen molar-refractivity contribution in [2.24, 2.45) is 5.41 Å². The van der Waals surface area contributed by atoms with E-state index in [0.717, 1.165) is 32.1 Å². The van der Waals surface area contributed by atoms with E-state index < -0.39 is 0 Å².